The topological polar surface area (TPSA) is 55.6 Å². The van der Waals surface area contributed by atoms with Crippen molar-refractivity contribution in [2.45, 2.75) is 65.6 Å². The number of amides is 1. The molecule has 1 aliphatic heterocycles. The standard InChI is InChI=1S/C17H32N2O2/c1-12-10-19(11-15(9-18)21-12)16(20)13-5-7-14(8-6-13)17(2,3)4/h12-15H,5-11,18H2,1-4H3. The quantitative estimate of drug-likeness (QED) is 0.851. The van der Waals surface area contributed by atoms with E-state index in [0.29, 0.717) is 31.0 Å². The molecule has 2 rings (SSSR count). The highest BCUT2D eigenvalue weighted by atomic mass is 16.5. The van der Waals surface area contributed by atoms with Crippen molar-refractivity contribution in [2.75, 3.05) is 19.6 Å². The smallest absolute Gasteiger partial charge is 0.225 e. The van der Waals surface area contributed by atoms with Crippen LogP contribution in [0.5, 0.6) is 0 Å². The number of hydrogen-bond acceptors (Lipinski definition) is 3. The van der Waals surface area contributed by atoms with Crippen LogP contribution in [-0.4, -0.2) is 42.6 Å². The summed E-state index contributed by atoms with van der Waals surface area (Å²) in [6, 6.07) is 0. The summed E-state index contributed by atoms with van der Waals surface area (Å²) in [5.74, 6) is 1.30. The minimum atomic E-state index is 0.00335. The van der Waals surface area contributed by atoms with Crippen LogP contribution in [0.2, 0.25) is 0 Å². The fraction of sp³-hybridized carbons (Fsp3) is 0.941. The lowest BCUT2D eigenvalue weighted by Crippen LogP contribution is -2.53. The SMILES string of the molecule is CC1CN(C(=O)C2CCC(C(C)(C)C)CC2)CC(CN)O1. The average Bonchev–Trinajstić information content (AvgIpc) is 2.45. The molecule has 0 spiro atoms. The molecule has 21 heavy (non-hydrogen) atoms. The summed E-state index contributed by atoms with van der Waals surface area (Å²) in [5.41, 5.74) is 6.08. The van der Waals surface area contributed by atoms with E-state index in [-0.39, 0.29) is 18.1 Å². The third-order valence-corrected chi connectivity index (χ3v) is 5.20. The molecular weight excluding hydrogens is 264 g/mol. The van der Waals surface area contributed by atoms with Crippen molar-refractivity contribution in [3.63, 3.8) is 0 Å². The molecule has 0 aromatic carbocycles. The lowest BCUT2D eigenvalue weighted by atomic mass is 9.69. The van der Waals surface area contributed by atoms with E-state index in [0.717, 1.165) is 18.8 Å². The molecule has 1 heterocycles. The van der Waals surface area contributed by atoms with Crippen molar-refractivity contribution in [1.29, 1.82) is 0 Å². The van der Waals surface area contributed by atoms with E-state index >= 15 is 0 Å². The first kappa shape index (κ1) is 16.8. The first-order valence-corrected chi connectivity index (χ1v) is 8.45. The second-order valence-electron chi connectivity index (χ2n) is 7.96. The zero-order chi connectivity index (χ0) is 15.6. The Kier molecular flexibility index (Phi) is 5.31. The monoisotopic (exact) mass is 296 g/mol. The molecule has 1 saturated heterocycles. The fourth-order valence-electron chi connectivity index (χ4n) is 3.82. The van der Waals surface area contributed by atoms with Gasteiger partial charge in [-0.15, -0.1) is 0 Å². The van der Waals surface area contributed by atoms with Crippen LogP contribution in [0.4, 0.5) is 0 Å². The summed E-state index contributed by atoms with van der Waals surface area (Å²) >= 11 is 0. The molecule has 4 nitrogen and oxygen atoms in total. The van der Waals surface area contributed by atoms with Crippen LogP contribution in [0.3, 0.4) is 0 Å². The molecule has 4 heteroatoms. The van der Waals surface area contributed by atoms with Crippen molar-refractivity contribution in [1.82, 2.24) is 4.90 Å². The molecule has 0 aromatic rings. The van der Waals surface area contributed by atoms with Crippen molar-refractivity contribution >= 4 is 5.91 Å². The minimum absolute atomic E-state index is 0.00335. The zero-order valence-electron chi connectivity index (χ0n) is 14.1. The third-order valence-electron chi connectivity index (χ3n) is 5.20. The molecule has 2 unspecified atom stereocenters. The normalized spacial score (nSPS) is 34.8. The van der Waals surface area contributed by atoms with Crippen LogP contribution in [0, 0.1) is 17.3 Å². The van der Waals surface area contributed by atoms with Gasteiger partial charge in [-0.1, -0.05) is 20.8 Å². The van der Waals surface area contributed by atoms with Gasteiger partial charge in [-0.2, -0.15) is 0 Å². The number of carbonyl (C=O) groups is 1. The Morgan fingerprint density at radius 1 is 1.19 bits per heavy atom. The number of hydrogen-bond donors (Lipinski definition) is 1. The summed E-state index contributed by atoms with van der Waals surface area (Å²) in [5, 5.41) is 0. The van der Waals surface area contributed by atoms with Crippen LogP contribution in [-0.2, 0) is 9.53 Å². The molecule has 2 N–H and O–H groups in total. The van der Waals surface area contributed by atoms with Crippen molar-refractivity contribution in [2.24, 2.45) is 23.0 Å². The van der Waals surface area contributed by atoms with Gasteiger partial charge in [0.2, 0.25) is 5.91 Å². The van der Waals surface area contributed by atoms with Crippen LogP contribution in [0.1, 0.15) is 53.4 Å². The molecule has 1 aliphatic carbocycles. The Bertz CT molecular complexity index is 356. The van der Waals surface area contributed by atoms with Gasteiger partial charge in [0.1, 0.15) is 0 Å². The number of nitrogens with two attached hydrogens (primary N) is 1. The highest BCUT2D eigenvalue weighted by Crippen LogP contribution is 2.40. The lowest BCUT2D eigenvalue weighted by molar-refractivity contribution is -0.149. The lowest BCUT2D eigenvalue weighted by Gasteiger charge is -2.41. The van der Waals surface area contributed by atoms with Gasteiger partial charge in [0.25, 0.3) is 0 Å². The van der Waals surface area contributed by atoms with Gasteiger partial charge in [0.15, 0.2) is 0 Å². The molecule has 2 atom stereocenters. The van der Waals surface area contributed by atoms with Gasteiger partial charge in [-0.05, 0) is 43.9 Å². The molecule has 0 bridgehead atoms. The molecule has 1 amide bonds. The Balaban J connectivity index is 1.89. The van der Waals surface area contributed by atoms with Gasteiger partial charge in [0, 0.05) is 25.6 Å². The third kappa shape index (κ3) is 4.19. The molecule has 1 saturated carbocycles. The fourth-order valence-corrected chi connectivity index (χ4v) is 3.82. The number of morpholine rings is 1. The maximum Gasteiger partial charge on any atom is 0.225 e. The summed E-state index contributed by atoms with van der Waals surface area (Å²) in [7, 11) is 0. The predicted molar refractivity (Wildman–Crippen MR) is 84.9 cm³/mol. The van der Waals surface area contributed by atoms with E-state index in [4.69, 9.17) is 10.5 Å². The van der Waals surface area contributed by atoms with E-state index in [2.05, 4.69) is 20.8 Å². The summed E-state index contributed by atoms with van der Waals surface area (Å²) in [4.78, 5) is 14.7. The highest BCUT2D eigenvalue weighted by molar-refractivity contribution is 5.79. The molecule has 2 fully saturated rings. The first-order valence-electron chi connectivity index (χ1n) is 8.45. The Morgan fingerprint density at radius 2 is 1.81 bits per heavy atom. The molecule has 122 valence electrons. The first-order chi connectivity index (χ1) is 9.81. The van der Waals surface area contributed by atoms with Gasteiger partial charge in [-0.3, -0.25) is 4.79 Å². The maximum absolute atomic E-state index is 12.7. The van der Waals surface area contributed by atoms with Crippen LogP contribution in [0.15, 0.2) is 0 Å². The summed E-state index contributed by atoms with van der Waals surface area (Å²) < 4.78 is 5.75. The van der Waals surface area contributed by atoms with E-state index < -0.39 is 0 Å². The van der Waals surface area contributed by atoms with Crippen molar-refractivity contribution in [3.8, 4) is 0 Å². The molecular formula is C17H32N2O2. The van der Waals surface area contributed by atoms with Crippen LogP contribution < -0.4 is 5.73 Å². The second-order valence-corrected chi connectivity index (χ2v) is 7.96. The van der Waals surface area contributed by atoms with E-state index in [1.165, 1.54) is 12.8 Å². The largest absolute Gasteiger partial charge is 0.370 e. The van der Waals surface area contributed by atoms with E-state index in [1.54, 1.807) is 0 Å². The van der Waals surface area contributed by atoms with Gasteiger partial charge in [-0.25, -0.2) is 0 Å². The summed E-state index contributed by atoms with van der Waals surface area (Å²) in [6.45, 7) is 10.8. The molecule has 2 aliphatic rings. The van der Waals surface area contributed by atoms with Crippen LogP contribution >= 0.6 is 0 Å². The number of carbonyl (C=O) groups excluding carboxylic acids is 1. The van der Waals surface area contributed by atoms with Gasteiger partial charge >= 0.3 is 0 Å². The zero-order valence-corrected chi connectivity index (χ0v) is 14.1. The average molecular weight is 296 g/mol. The van der Waals surface area contributed by atoms with Gasteiger partial charge < -0.3 is 15.4 Å². The maximum atomic E-state index is 12.7. The van der Waals surface area contributed by atoms with E-state index in [9.17, 15) is 4.79 Å². The minimum Gasteiger partial charge on any atom is -0.370 e. The van der Waals surface area contributed by atoms with Crippen LogP contribution in [0.25, 0.3) is 0 Å². The van der Waals surface area contributed by atoms with Crippen molar-refractivity contribution in [3.05, 3.63) is 0 Å². The molecule has 0 aromatic heterocycles. The predicted octanol–water partition coefficient (Wildman–Crippen LogP) is 2.41. The highest BCUT2D eigenvalue weighted by Gasteiger charge is 2.36. The Morgan fingerprint density at radius 3 is 2.33 bits per heavy atom. The number of ether oxygens (including phenoxy) is 1. The second kappa shape index (κ2) is 6.66. The van der Waals surface area contributed by atoms with E-state index in [1.807, 2.05) is 11.8 Å². The molecule has 0 radical (unpaired) electrons. The number of nitrogens with zero attached hydrogens (tertiary/aromatic N) is 1. The number of rotatable bonds is 2. The summed E-state index contributed by atoms with van der Waals surface area (Å²) in [6.07, 6.45) is 4.55. The Hall–Kier alpha value is -0.610. The van der Waals surface area contributed by atoms with Gasteiger partial charge in [0.05, 0.1) is 12.2 Å². The Labute approximate surface area is 129 Å². The van der Waals surface area contributed by atoms with Crippen molar-refractivity contribution < 1.29 is 9.53 Å².